The lowest BCUT2D eigenvalue weighted by Crippen LogP contribution is -2.20. The van der Waals surface area contributed by atoms with Crippen LogP contribution in [0.3, 0.4) is 0 Å². The van der Waals surface area contributed by atoms with Crippen LogP contribution in [0.25, 0.3) is 6.08 Å². The SMILES string of the molecule is COc1cc(C=C2C(=O)c3ccccc3C2=O)cc(Cl)c1OCC(=O)Nc1ccc(F)cc1. The molecule has 166 valence electrons. The van der Waals surface area contributed by atoms with Gasteiger partial charge in [-0.05, 0) is 48.0 Å². The molecule has 3 aromatic rings. The van der Waals surface area contributed by atoms with Crippen LogP contribution < -0.4 is 14.8 Å². The zero-order valence-electron chi connectivity index (χ0n) is 17.4. The molecule has 0 fully saturated rings. The van der Waals surface area contributed by atoms with Crippen LogP contribution in [0.1, 0.15) is 26.3 Å². The highest BCUT2D eigenvalue weighted by molar-refractivity contribution is 6.41. The average molecular weight is 466 g/mol. The first-order valence-electron chi connectivity index (χ1n) is 9.83. The molecule has 0 radical (unpaired) electrons. The van der Waals surface area contributed by atoms with Crippen LogP contribution in [0.4, 0.5) is 10.1 Å². The predicted molar refractivity (Wildman–Crippen MR) is 122 cm³/mol. The number of ether oxygens (including phenoxy) is 2. The molecule has 3 aromatic carbocycles. The number of carbonyl (C=O) groups excluding carboxylic acids is 3. The first kappa shape index (κ1) is 22.2. The third kappa shape index (κ3) is 4.63. The van der Waals surface area contributed by atoms with Crippen molar-refractivity contribution in [1.29, 1.82) is 0 Å². The Hall–Kier alpha value is -3.97. The van der Waals surface area contributed by atoms with E-state index in [0.29, 0.717) is 22.4 Å². The van der Waals surface area contributed by atoms with Gasteiger partial charge in [0.15, 0.2) is 29.7 Å². The number of anilines is 1. The van der Waals surface area contributed by atoms with Gasteiger partial charge in [0, 0.05) is 16.8 Å². The fourth-order valence-corrected chi connectivity index (χ4v) is 3.68. The molecule has 0 saturated heterocycles. The summed E-state index contributed by atoms with van der Waals surface area (Å²) in [6.07, 6.45) is 1.45. The number of fused-ring (bicyclic) bond motifs is 1. The first-order valence-corrected chi connectivity index (χ1v) is 10.2. The van der Waals surface area contributed by atoms with E-state index in [2.05, 4.69) is 5.32 Å². The van der Waals surface area contributed by atoms with E-state index >= 15 is 0 Å². The lowest BCUT2D eigenvalue weighted by Gasteiger charge is -2.13. The maximum absolute atomic E-state index is 13.0. The predicted octanol–water partition coefficient (Wildman–Crippen LogP) is 4.97. The summed E-state index contributed by atoms with van der Waals surface area (Å²) in [7, 11) is 1.40. The van der Waals surface area contributed by atoms with E-state index in [-0.39, 0.29) is 40.3 Å². The van der Waals surface area contributed by atoms with Crippen molar-refractivity contribution in [2.24, 2.45) is 0 Å². The van der Waals surface area contributed by atoms with Crippen LogP contribution in [0.15, 0.2) is 66.2 Å². The second-order valence-corrected chi connectivity index (χ2v) is 7.55. The summed E-state index contributed by atoms with van der Waals surface area (Å²) < 4.78 is 23.9. The molecule has 0 atom stereocenters. The maximum Gasteiger partial charge on any atom is 0.262 e. The zero-order chi connectivity index (χ0) is 23.5. The Labute approximate surface area is 193 Å². The summed E-state index contributed by atoms with van der Waals surface area (Å²) in [5.74, 6) is -1.26. The van der Waals surface area contributed by atoms with Crippen molar-refractivity contribution in [1.82, 2.24) is 0 Å². The number of allylic oxidation sites excluding steroid dienone is 1. The summed E-state index contributed by atoms with van der Waals surface area (Å²) in [5.41, 5.74) is 1.63. The van der Waals surface area contributed by atoms with Crippen LogP contribution in [0, 0.1) is 5.82 Å². The first-order chi connectivity index (χ1) is 15.9. The van der Waals surface area contributed by atoms with Gasteiger partial charge in [-0.1, -0.05) is 35.9 Å². The zero-order valence-corrected chi connectivity index (χ0v) is 18.1. The Morgan fingerprint density at radius 1 is 1.03 bits per heavy atom. The molecule has 33 heavy (non-hydrogen) atoms. The van der Waals surface area contributed by atoms with Crippen LogP contribution in [-0.2, 0) is 4.79 Å². The minimum atomic E-state index is -0.481. The van der Waals surface area contributed by atoms with Gasteiger partial charge in [0.05, 0.1) is 17.7 Å². The summed E-state index contributed by atoms with van der Waals surface area (Å²) in [6, 6.07) is 15.0. The van der Waals surface area contributed by atoms with Gasteiger partial charge < -0.3 is 14.8 Å². The molecule has 1 aliphatic rings. The number of carbonyl (C=O) groups is 3. The Kier molecular flexibility index (Phi) is 6.24. The molecule has 1 aliphatic carbocycles. The monoisotopic (exact) mass is 465 g/mol. The van der Waals surface area contributed by atoms with Gasteiger partial charge in [0.25, 0.3) is 5.91 Å². The average Bonchev–Trinajstić information content (AvgIpc) is 3.04. The number of amides is 1. The van der Waals surface area contributed by atoms with Crippen molar-refractivity contribution in [3.8, 4) is 11.5 Å². The van der Waals surface area contributed by atoms with E-state index in [0.717, 1.165) is 0 Å². The number of benzene rings is 3. The van der Waals surface area contributed by atoms with E-state index < -0.39 is 11.7 Å². The number of Topliss-reactive ketones (excluding diaryl/α,β-unsaturated/α-hetero) is 2. The molecule has 0 heterocycles. The molecular weight excluding hydrogens is 449 g/mol. The fraction of sp³-hybridized carbons (Fsp3) is 0.0800. The molecular formula is C25H17ClFNO5. The number of ketones is 2. The Balaban J connectivity index is 1.52. The van der Waals surface area contributed by atoms with Crippen LogP contribution in [0.5, 0.6) is 11.5 Å². The molecule has 0 aliphatic heterocycles. The van der Waals surface area contributed by atoms with Gasteiger partial charge in [-0.3, -0.25) is 14.4 Å². The molecule has 1 amide bonds. The maximum atomic E-state index is 13.0. The lowest BCUT2D eigenvalue weighted by atomic mass is 10.1. The van der Waals surface area contributed by atoms with Crippen LogP contribution in [0.2, 0.25) is 5.02 Å². The minimum Gasteiger partial charge on any atom is -0.493 e. The number of nitrogens with one attached hydrogen (secondary N) is 1. The highest BCUT2D eigenvalue weighted by atomic mass is 35.5. The normalized spacial score (nSPS) is 12.4. The van der Waals surface area contributed by atoms with Gasteiger partial charge >= 0.3 is 0 Å². The quantitative estimate of drug-likeness (QED) is 0.410. The second-order valence-electron chi connectivity index (χ2n) is 7.14. The minimum absolute atomic E-state index is 0.0293. The van der Waals surface area contributed by atoms with E-state index in [4.69, 9.17) is 21.1 Å². The number of hydrogen-bond donors (Lipinski definition) is 1. The van der Waals surface area contributed by atoms with Gasteiger partial charge in [-0.15, -0.1) is 0 Å². The molecule has 8 heteroatoms. The molecule has 0 unspecified atom stereocenters. The third-order valence-corrected chi connectivity index (χ3v) is 5.22. The van der Waals surface area contributed by atoms with Gasteiger partial charge in [0.1, 0.15) is 5.82 Å². The molecule has 0 bridgehead atoms. The summed E-state index contributed by atoms with van der Waals surface area (Å²) >= 11 is 6.34. The van der Waals surface area contributed by atoms with Crippen molar-refractivity contribution >= 4 is 40.8 Å². The summed E-state index contributed by atoms with van der Waals surface area (Å²) in [4.78, 5) is 37.4. The third-order valence-electron chi connectivity index (χ3n) is 4.94. The number of hydrogen-bond acceptors (Lipinski definition) is 5. The molecule has 0 spiro atoms. The largest absolute Gasteiger partial charge is 0.493 e. The van der Waals surface area contributed by atoms with Crippen molar-refractivity contribution in [3.05, 3.63) is 93.8 Å². The highest BCUT2D eigenvalue weighted by Gasteiger charge is 2.32. The second kappa shape index (κ2) is 9.26. The molecule has 4 rings (SSSR count). The van der Waals surface area contributed by atoms with Crippen molar-refractivity contribution in [3.63, 3.8) is 0 Å². The van der Waals surface area contributed by atoms with Crippen molar-refractivity contribution in [2.75, 3.05) is 19.0 Å². The number of methoxy groups -OCH3 is 1. The Bertz CT molecular complexity index is 1260. The topological polar surface area (TPSA) is 81.7 Å². The highest BCUT2D eigenvalue weighted by Crippen LogP contribution is 2.38. The smallest absolute Gasteiger partial charge is 0.262 e. The van der Waals surface area contributed by atoms with Gasteiger partial charge in [-0.2, -0.15) is 0 Å². The van der Waals surface area contributed by atoms with Crippen LogP contribution >= 0.6 is 11.6 Å². The lowest BCUT2D eigenvalue weighted by molar-refractivity contribution is -0.118. The van der Waals surface area contributed by atoms with Crippen molar-refractivity contribution in [2.45, 2.75) is 0 Å². The fourth-order valence-electron chi connectivity index (χ4n) is 3.40. The van der Waals surface area contributed by atoms with Crippen LogP contribution in [-0.4, -0.2) is 31.2 Å². The standard InChI is InChI=1S/C25H17ClFNO5/c1-32-21-12-14(10-19-23(30)17-4-2-3-5-18(17)24(19)31)11-20(26)25(21)33-13-22(29)28-16-8-6-15(27)7-9-16/h2-12H,13H2,1H3,(H,28,29). The summed E-state index contributed by atoms with van der Waals surface area (Å²) in [5, 5.41) is 2.71. The molecule has 6 nitrogen and oxygen atoms in total. The van der Waals surface area contributed by atoms with Gasteiger partial charge in [-0.25, -0.2) is 4.39 Å². The van der Waals surface area contributed by atoms with Crippen molar-refractivity contribution < 1.29 is 28.2 Å². The van der Waals surface area contributed by atoms with Gasteiger partial charge in [0.2, 0.25) is 0 Å². The number of halogens is 2. The molecule has 1 N–H and O–H groups in total. The van der Waals surface area contributed by atoms with E-state index in [1.54, 1.807) is 30.3 Å². The van der Waals surface area contributed by atoms with E-state index in [9.17, 15) is 18.8 Å². The molecule has 0 saturated carbocycles. The molecule has 0 aromatic heterocycles. The Morgan fingerprint density at radius 3 is 2.27 bits per heavy atom. The number of rotatable bonds is 6. The Morgan fingerprint density at radius 2 is 1.67 bits per heavy atom. The summed E-state index contributed by atoms with van der Waals surface area (Å²) in [6.45, 7) is -0.375. The van der Waals surface area contributed by atoms with E-state index in [1.165, 1.54) is 43.5 Å². The van der Waals surface area contributed by atoms with E-state index in [1.807, 2.05) is 0 Å².